The number of furan rings is 2. The van der Waals surface area contributed by atoms with Crippen molar-refractivity contribution in [2.45, 2.75) is 0 Å². The summed E-state index contributed by atoms with van der Waals surface area (Å²) in [6.45, 7) is 0. The number of nitrogens with zero attached hydrogens (tertiary/aromatic N) is 3. The quantitative estimate of drug-likeness (QED) is 0.180. The Bertz CT molecular complexity index is 3170. The lowest BCUT2D eigenvalue weighted by Gasteiger charge is -2.11. The average Bonchev–Trinajstić information content (AvgIpc) is 3.77. The molecule has 3 heterocycles. The van der Waals surface area contributed by atoms with E-state index in [1.54, 1.807) is 0 Å². The molecule has 0 saturated heterocycles. The highest BCUT2D eigenvalue weighted by molar-refractivity contribution is 6.30. The lowest BCUT2D eigenvalue weighted by molar-refractivity contribution is 0.669. The molecule has 0 amide bonds. The first-order valence-electron chi connectivity index (χ1n) is 16.7. The van der Waals surface area contributed by atoms with Gasteiger partial charge in [-0.2, -0.15) is 0 Å². The number of para-hydroxylation sites is 2. The fraction of sp³-hybridized carbons (Fsp3) is 0. The Balaban J connectivity index is 1.21. The number of benzene rings is 8. The van der Waals surface area contributed by atoms with Crippen LogP contribution in [0.4, 0.5) is 0 Å². The van der Waals surface area contributed by atoms with Crippen molar-refractivity contribution in [2.75, 3.05) is 0 Å². The number of hydrogen-bond acceptors (Lipinski definition) is 5. The van der Waals surface area contributed by atoms with Gasteiger partial charge in [0.2, 0.25) is 0 Å². The predicted molar refractivity (Wildman–Crippen MR) is 203 cm³/mol. The van der Waals surface area contributed by atoms with Crippen LogP contribution in [0.1, 0.15) is 0 Å². The highest BCUT2D eigenvalue weighted by Gasteiger charge is 2.20. The second-order valence-corrected chi connectivity index (χ2v) is 12.8. The van der Waals surface area contributed by atoms with Crippen LogP contribution in [0.25, 0.3) is 110 Å². The van der Waals surface area contributed by atoms with E-state index in [1.165, 1.54) is 5.39 Å². The fourth-order valence-corrected chi connectivity index (χ4v) is 7.59. The van der Waals surface area contributed by atoms with Gasteiger partial charge < -0.3 is 8.83 Å². The zero-order chi connectivity index (χ0) is 32.8. The third-order valence-corrected chi connectivity index (χ3v) is 9.89. The van der Waals surface area contributed by atoms with Crippen molar-refractivity contribution in [1.29, 1.82) is 0 Å². The van der Waals surface area contributed by atoms with Gasteiger partial charge in [-0.05, 0) is 57.3 Å². The topological polar surface area (TPSA) is 65.0 Å². The first-order chi connectivity index (χ1) is 24.8. The first kappa shape index (κ1) is 27.1. The Labute approximate surface area is 285 Å². The van der Waals surface area contributed by atoms with Crippen LogP contribution in [-0.2, 0) is 0 Å². The van der Waals surface area contributed by atoms with Crippen molar-refractivity contribution in [1.82, 2.24) is 15.0 Å². The molecule has 0 fully saturated rings. The summed E-state index contributed by atoms with van der Waals surface area (Å²) in [6, 6.07) is 52.1. The van der Waals surface area contributed by atoms with Crippen LogP contribution in [0, 0.1) is 0 Å². The highest BCUT2D eigenvalue weighted by atomic mass is 16.3. The van der Waals surface area contributed by atoms with Crippen LogP contribution >= 0.6 is 0 Å². The molecule has 0 aliphatic rings. The maximum absolute atomic E-state index is 6.53. The summed E-state index contributed by atoms with van der Waals surface area (Å²) < 4.78 is 12.8. The predicted octanol–water partition coefficient (Wildman–Crippen LogP) is 12.1. The Morgan fingerprint density at radius 1 is 0.340 bits per heavy atom. The van der Waals surface area contributed by atoms with E-state index in [4.69, 9.17) is 23.8 Å². The van der Waals surface area contributed by atoms with Crippen molar-refractivity contribution in [3.63, 3.8) is 0 Å². The zero-order valence-electron chi connectivity index (χ0n) is 26.6. The minimum absolute atomic E-state index is 0.591. The van der Waals surface area contributed by atoms with E-state index in [1.807, 2.05) is 42.5 Å². The largest absolute Gasteiger partial charge is 0.456 e. The Morgan fingerprint density at radius 2 is 0.920 bits per heavy atom. The molecule has 8 aromatic carbocycles. The van der Waals surface area contributed by atoms with Gasteiger partial charge in [-0.1, -0.05) is 121 Å². The van der Waals surface area contributed by atoms with Crippen LogP contribution in [0.2, 0.25) is 0 Å². The molecule has 3 aromatic heterocycles. The molecule has 0 N–H and O–H groups in total. The minimum atomic E-state index is 0.591. The lowest BCUT2D eigenvalue weighted by Crippen LogP contribution is -2.00. The molecule has 232 valence electrons. The highest BCUT2D eigenvalue weighted by Crippen LogP contribution is 2.42. The SMILES string of the molecule is c1ccc2cc(-c3nc(-c4ccc5c6ccccc6c6oc7ccccc7c6c5c4)nc(-c4cccc5oc6ccccc6c45)n3)ccc2c1. The van der Waals surface area contributed by atoms with Gasteiger partial charge in [-0.25, -0.2) is 15.0 Å². The van der Waals surface area contributed by atoms with E-state index in [2.05, 4.69) is 109 Å². The molecule has 0 aliphatic carbocycles. The maximum Gasteiger partial charge on any atom is 0.164 e. The maximum atomic E-state index is 6.53. The van der Waals surface area contributed by atoms with E-state index >= 15 is 0 Å². The summed E-state index contributed by atoms with van der Waals surface area (Å²) >= 11 is 0. The molecule has 0 bridgehead atoms. The molecule has 0 saturated carbocycles. The third-order valence-electron chi connectivity index (χ3n) is 9.89. The number of rotatable bonds is 3. The fourth-order valence-electron chi connectivity index (χ4n) is 7.59. The summed E-state index contributed by atoms with van der Waals surface area (Å²) in [5, 5.41) is 11.0. The smallest absolute Gasteiger partial charge is 0.164 e. The average molecular weight is 640 g/mol. The number of aromatic nitrogens is 3. The van der Waals surface area contributed by atoms with E-state index in [9.17, 15) is 0 Å². The van der Waals surface area contributed by atoms with Gasteiger partial charge in [0, 0.05) is 43.6 Å². The molecule has 50 heavy (non-hydrogen) atoms. The molecule has 5 heteroatoms. The van der Waals surface area contributed by atoms with Gasteiger partial charge in [0.1, 0.15) is 22.3 Å². The first-order valence-corrected chi connectivity index (χ1v) is 16.7. The minimum Gasteiger partial charge on any atom is -0.456 e. The number of fused-ring (bicyclic) bond motifs is 12. The van der Waals surface area contributed by atoms with Crippen molar-refractivity contribution in [2.24, 2.45) is 0 Å². The Morgan fingerprint density at radius 3 is 1.74 bits per heavy atom. The summed E-state index contributed by atoms with van der Waals surface area (Å²) in [6.07, 6.45) is 0. The summed E-state index contributed by atoms with van der Waals surface area (Å²) in [7, 11) is 0. The van der Waals surface area contributed by atoms with Crippen molar-refractivity contribution in [3.05, 3.63) is 152 Å². The van der Waals surface area contributed by atoms with Crippen LogP contribution < -0.4 is 0 Å². The molecule has 0 atom stereocenters. The summed E-state index contributed by atoms with van der Waals surface area (Å²) in [5.74, 6) is 1.80. The lowest BCUT2D eigenvalue weighted by atomic mass is 9.95. The second kappa shape index (κ2) is 10.3. The summed E-state index contributed by atoms with van der Waals surface area (Å²) in [4.78, 5) is 15.5. The molecule has 11 aromatic rings. The standard InChI is InChI=1S/C45H25N3O2/c1-2-11-27-24-28(21-20-26(27)10-1)43-46-44(48-45(47-43)35-16-9-19-39-40(35)33-14-5-7-17-37(33)49-39)29-22-23-31-30-12-3-4-13-32(30)42-41(36(31)25-29)34-15-6-8-18-38(34)50-42/h1-25H. The molecular formula is C45H25N3O2. The van der Waals surface area contributed by atoms with Gasteiger partial charge in [0.05, 0.1) is 0 Å². The monoisotopic (exact) mass is 639 g/mol. The Kier molecular flexibility index (Phi) is 5.60. The van der Waals surface area contributed by atoms with E-state index in [-0.39, 0.29) is 0 Å². The van der Waals surface area contributed by atoms with Gasteiger partial charge in [0.15, 0.2) is 17.5 Å². The third kappa shape index (κ3) is 3.98. The number of hydrogen-bond donors (Lipinski definition) is 0. The van der Waals surface area contributed by atoms with Crippen molar-refractivity contribution in [3.8, 4) is 34.2 Å². The van der Waals surface area contributed by atoms with Crippen LogP contribution in [0.5, 0.6) is 0 Å². The van der Waals surface area contributed by atoms with Gasteiger partial charge in [-0.15, -0.1) is 0 Å². The molecule has 11 rings (SSSR count). The van der Waals surface area contributed by atoms with Crippen LogP contribution in [0.15, 0.2) is 160 Å². The molecule has 0 spiro atoms. The zero-order valence-corrected chi connectivity index (χ0v) is 26.6. The second-order valence-electron chi connectivity index (χ2n) is 12.8. The molecule has 0 aliphatic heterocycles. The van der Waals surface area contributed by atoms with Gasteiger partial charge >= 0.3 is 0 Å². The van der Waals surface area contributed by atoms with Crippen molar-refractivity contribution >= 4 is 76.2 Å². The molecule has 0 unspecified atom stereocenters. The van der Waals surface area contributed by atoms with E-state index < -0.39 is 0 Å². The summed E-state index contributed by atoms with van der Waals surface area (Å²) in [5.41, 5.74) is 6.10. The molecular weight excluding hydrogens is 615 g/mol. The molecule has 5 nitrogen and oxygen atoms in total. The van der Waals surface area contributed by atoms with Gasteiger partial charge in [-0.3, -0.25) is 0 Å². The van der Waals surface area contributed by atoms with Crippen molar-refractivity contribution < 1.29 is 8.83 Å². The van der Waals surface area contributed by atoms with Crippen LogP contribution in [0.3, 0.4) is 0 Å². The normalized spacial score (nSPS) is 12.0. The Hall–Kier alpha value is -6.85. The van der Waals surface area contributed by atoms with E-state index in [0.29, 0.717) is 17.5 Å². The molecule has 0 radical (unpaired) electrons. The van der Waals surface area contributed by atoms with E-state index in [0.717, 1.165) is 87.5 Å². The van der Waals surface area contributed by atoms with Crippen LogP contribution in [-0.4, -0.2) is 15.0 Å². The van der Waals surface area contributed by atoms with Gasteiger partial charge in [0.25, 0.3) is 0 Å².